The van der Waals surface area contributed by atoms with Gasteiger partial charge in [-0.25, -0.2) is 4.98 Å². The Hall–Kier alpha value is -2.05. The third-order valence-electron chi connectivity index (χ3n) is 4.81. The predicted octanol–water partition coefficient (Wildman–Crippen LogP) is 4.08. The van der Waals surface area contributed by atoms with Crippen molar-refractivity contribution in [2.75, 3.05) is 24.3 Å². The quantitative estimate of drug-likeness (QED) is 0.757. The first-order valence-corrected chi connectivity index (χ1v) is 9.65. The van der Waals surface area contributed by atoms with Crippen molar-refractivity contribution in [2.45, 2.75) is 44.7 Å². The van der Waals surface area contributed by atoms with Crippen LogP contribution in [0.3, 0.4) is 0 Å². The molecule has 0 saturated heterocycles. The van der Waals surface area contributed by atoms with Crippen molar-refractivity contribution in [3.05, 3.63) is 46.6 Å². The van der Waals surface area contributed by atoms with Gasteiger partial charge in [-0.2, -0.15) is 4.98 Å². The summed E-state index contributed by atoms with van der Waals surface area (Å²) in [4.78, 5) is 23.4. The Balaban J connectivity index is 0.00000280. The highest BCUT2D eigenvalue weighted by atomic mass is 35.5. The van der Waals surface area contributed by atoms with E-state index in [0.29, 0.717) is 22.6 Å². The van der Waals surface area contributed by atoms with E-state index >= 15 is 0 Å². The number of hydrogen-bond donors (Lipinski definition) is 2. The molecule has 2 aromatic rings. The summed E-state index contributed by atoms with van der Waals surface area (Å²) in [6.45, 7) is 1.97. The zero-order valence-electron chi connectivity index (χ0n) is 16.4. The van der Waals surface area contributed by atoms with E-state index in [1.54, 1.807) is 12.1 Å². The van der Waals surface area contributed by atoms with Gasteiger partial charge in [0.25, 0.3) is 5.91 Å². The molecule has 1 aliphatic carbocycles. The van der Waals surface area contributed by atoms with E-state index in [2.05, 4.69) is 20.6 Å². The van der Waals surface area contributed by atoms with Gasteiger partial charge in [-0.15, -0.1) is 12.4 Å². The van der Waals surface area contributed by atoms with Crippen molar-refractivity contribution in [2.24, 2.45) is 0 Å². The van der Waals surface area contributed by atoms with Gasteiger partial charge in [0.1, 0.15) is 5.82 Å². The lowest BCUT2D eigenvalue weighted by Gasteiger charge is -2.30. The molecular weight excluding hydrogens is 397 g/mol. The van der Waals surface area contributed by atoms with Crippen LogP contribution in [0, 0.1) is 6.92 Å². The molecule has 1 amide bonds. The van der Waals surface area contributed by atoms with Crippen molar-refractivity contribution >= 4 is 41.7 Å². The number of nitrogens with zero attached hydrogens (tertiary/aromatic N) is 3. The molecule has 2 N–H and O–H groups in total. The summed E-state index contributed by atoms with van der Waals surface area (Å²) in [5, 5.41) is 7.04. The Morgan fingerprint density at radius 1 is 1.11 bits per heavy atom. The first-order valence-electron chi connectivity index (χ1n) is 9.27. The third-order valence-corrected chi connectivity index (χ3v) is 5.14. The van der Waals surface area contributed by atoms with Crippen LogP contribution in [0.1, 0.15) is 41.7 Å². The standard InChI is InChI=1S/C20H26ClN5O.ClH/c1-13-12-18(26(2)3)25-20(22-13)24-15-10-8-14(9-11-15)23-19(27)16-6-4-5-7-17(16)21;/h4-7,12,14-15H,8-11H2,1-3H3,(H,23,27)(H,22,24,25);1H/t14-,15+;. The number of carbonyl (C=O) groups is 1. The van der Waals surface area contributed by atoms with Gasteiger partial charge in [-0.3, -0.25) is 4.79 Å². The Bertz CT molecular complexity index is 807. The van der Waals surface area contributed by atoms with Gasteiger partial charge in [0, 0.05) is 37.9 Å². The highest BCUT2D eigenvalue weighted by Gasteiger charge is 2.24. The fraction of sp³-hybridized carbons (Fsp3) is 0.450. The maximum absolute atomic E-state index is 12.4. The smallest absolute Gasteiger partial charge is 0.253 e. The molecule has 0 radical (unpaired) electrons. The van der Waals surface area contributed by atoms with E-state index in [1.807, 2.05) is 44.1 Å². The number of rotatable bonds is 5. The fourth-order valence-electron chi connectivity index (χ4n) is 3.32. The number of hydrogen-bond acceptors (Lipinski definition) is 5. The lowest BCUT2D eigenvalue weighted by molar-refractivity contribution is 0.0926. The second-order valence-electron chi connectivity index (χ2n) is 7.23. The monoisotopic (exact) mass is 423 g/mol. The molecule has 6 nitrogen and oxygen atoms in total. The molecule has 1 aromatic carbocycles. The highest BCUT2D eigenvalue weighted by Crippen LogP contribution is 2.23. The minimum absolute atomic E-state index is 0. The number of halogens is 2. The van der Waals surface area contributed by atoms with Gasteiger partial charge < -0.3 is 15.5 Å². The van der Waals surface area contributed by atoms with Crippen LogP contribution < -0.4 is 15.5 Å². The van der Waals surface area contributed by atoms with Crippen LogP contribution in [0.25, 0.3) is 0 Å². The molecule has 1 saturated carbocycles. The molecule has 0 spiro atoms. The number of benzene rings is 1. The minimum Gasteiger partial charge on any atom is -0.363 e. The highest BCUT2D eigenvalue weighted by molar-refractivity contribution is 6.33. The Morgan fingerprint density at radius 3 is 2.39 bits per heavy atom. The number of anilines is 2. The van der Waals surface area contributed by atoms with Crippen molar-refractivity contribution in [1.82, 2.24) is 15.3 Å². The molecule has 28 heavy (non-hydrogen) atoms. The number of aromatic nitrogens is 2. The van der Waals surface area contributed by atoms with Crippen LogP contribution in [0.5, 0.6) is 0 Å². The normalized spacial score (nSPS) is 18.7. The summed E-state index contributed by atoms with van der Waals surface area (Å²) in [5.41, 5.74) is 1.47. The summed E-state index contributed by atoms with van der Waals surface area (Å²) in [6.07, 6.45) is 3.75. The van der Waals surface area contributed by atoms with E-state index in [1.165, 1.54) is 0 Å². The molecular formula is C20H27Cl2N5O. The lowest BCUT2D eigenvalue weighted by atomic mass is 9.91. The molecule has 1 aromatic heterocycles. The van der Waals surface area contributed by atoms with Crippen molar-refractivity contribution in [3.8, 4) is 0 Å². The molecule has 152 valence electrons. The topological polar surface area (TPSA) is 70.2 Å². The summed E-state index contributed by atoms with van der Waals surface area (Å²) in [5.74, 6) is 1.46. The van der Waals surface area contributed by atoms with Crippen LogP contribution in [0.4, 0.5) is 11.8 Å². The lowest BCUT2D eigenvalue weighted by Crippen LogP contribution is -2.40. The van der Waals surface area contributed by atoms with Gasteiger partial charge in [-0.05, 0) is 44.7 Å². The minimum atomic E-state index is -0.102. The predicted molar refractivity (Wildman–Crippen MR) is 117 cm³/mol. The maximum atomic E-state index is 12.4. The number of carbonyl (C=O) groups excluding carboxylic acids is 1. The summed E-state index contributed by atoms with van der Waals surface area (Å²) in [6, 6.07) is 9.59. The zero-order valence-corrected chi connectivity index (χ0v) is 18.0. The summed E-state index contributed by atoms with van der Waals surface area (Å²) in [7, 11) is 3.94. The maximum Gasteiger partial charge on any atom is 0.253 e. The molecule has 1 aliphatic rings. The zero-order chi connectivity index (χ0) is 19.4. The Kier molecular flexibility index (Phi) is 7.89. The second-order valence-corrected chi connectivity index (χ2v) is 7.64. The van der Waals surface area contributed by atoms with Gasteiger partial charge >= 0.3 is 0 Å². The molecule has 1 fully saturated rings. The van der Waals surface area contributed by atoms with Gasteiger partial charge in [0.05, 0.1) is 10.6 Å². The molecule has 3 rings (SSSR count). The average Bonchev–Trinajstić information content (AvgIpc) is 2.63. The largest absolute Gasteiger partial charge is 0.363 e. The van der Waals surface area contributed by atoms with Crippen molar-refractivity contribution in [3.63, 3.8) is 0 Å². The van der Waals surface area contributed by atoms with Crippen LogP contribution in [0.2, 0.25) is 5.02 Å². The molecule has 0 unspecified atom stereocenters. The third kappa shape index (κ3) is 5.72. The second kappa shape index (κ2) is 9.94. The molecule has 0 atom stereocenters. The number of aryl methyl sites for hydroxylation is 1. The van der Waals surface area contributed by atoms with E-state index in [-0.39, 0.29) is 24.4 Å². The SMILES string of the molecule is Cc1cc(N(C)C)nc(N[C@H]2CC[C@@H](NC(=O)c3ccccc3Cl)CC2)n1.Cl. The number of nitrogens with one attached hydrogen (secondary N) is 2. The van der Waals surface area contributed by atoms with Crippen molar-refractivity contribution in [1.29, 1.82) is 0 Å². The first-order chi connectivity index (χ1) is 12.9. The first kappa shape index (κ1) is 22.2. The average molecular weight is 424 g/mol. The van der Waals surface area contributed by atoms with E-state index in [0.717, 1.165) is 37.2 Å². The van der Waals surface area contributed by atoms with Crippen LogP contribution >= 0.6 is 24.0 Å². The fourth-order valence-corrected chi connectivity index (χ4v) is 3.54. The summed E-state index contributed by atoms with van der Waals surface area (Å²) >= 11 is 6.11. The van der Waals surface area contributed by atoms with Crippen LogP contribution in [0.15, 0.2) is 30.3 Å². The molecule has 8 heteroatoms. The van der Waals surface area contributed by atoms with Crippen LogP contribution in [-0.4, -0.2) is 42.1 Å². The van der Waals surface area contributed by atoms with Gasteiger partial charge in [0.15, 0.2) is 0 Å². The van der Waals surface area contributed by atoms with Gasteiger partial charge in [-0.1, -0.05) is 23.7 Å². The van der Waals surface area contributed by atoms with Crippen LogP contribution in [-0.2, 0) is 0 Å². The van der Waals surface area contributed by atoms with E-state index < -0.39 is 0 Å². The van der Waals surface area contributed by atoms with E-state index in [9.17, 15) is 4.79 Å². The van der Waals surface area contributed by atoms with Gasteiger partial charge in [0.2, 0.25) is 5.95 Å². The summed E-state index contributed by atoms with van der Waals surface area (Å²) < 4.78 is 0. The van der Waals surface area contributed by atoms with E-state index in [4.69, 9.17) is 11.6 Å². The molecule has 1 heterocycles. The Morgan fingerprint density at radius 2 is 1.75 bits per heavy atom. The van der Waals surface area contributed by atoms with Crippen molar-refractivity contribution < 1.29 is 4.79 Å². The Labute approximate surface area is 177 Å². The number of amides is 1. The molecule has 0 bridgehead atoms. The molecule has 0 aliphatic heterocycles.